The number of hydrogen-bond donors (Lipinski definition) is 0. The number of hydrogen-bond acceptors (Lipinski definition) is 7. The quantitative estimate of drug-likeness (QED) is 0.548. The van der Waals surface area contributed by atoms with Gasteiger partial charge in [-0.3, -0.25) is 9.78 Å². The van der Waals surface area contributed by atoms with Gasteiger partial charge < -0.3 is 9.42 Å². The van der Waals surface area contributed by atoms with E-state index in [9.17, 15) is 13.2 Å². The number of piperidine rings is 1. The summed E-state index contributed by atoms with van der Waals surface area (Å²) in [5.74, 6) is 0.815. The van der Waals surface area contributed by atoms with E-state index in [0.29, 0.717) is 49.1 Å². The highest BCUT2D eigenvalue weighted by molar-refractivity contribution is 7.89. The first-order valence-corrected chi connectivity index (χ1v) is 12.6. The van der Waals surface area contributed by atoms with Gasteiger partial charge in [-0.25, -0.2) is 8.42 Å². The number of pyridine rings is 1. The summed E-state index contributed by atoms with van der Waals surface area (Å²) < 4.78 is 32.8. The zero-order valence-electron chi connectivity index (χ0n) is 18.2. The lowest BCUT2D eigenvalue weighted by molar-refractivity contribution is -0.118. The molecule has 10 heteroatoms. The van der Waals surface area contributed by atoms with Gasteiger partial charge >= 0.3 is 0 Å². The summed E-state index contributed by atoms with van der Waals surface area (Å²) in [6.07, 6.45) is 7.38. The molecule has 4 heterocycles. The molecular weight excluding hydrogens is 442 g/mol. The van der Waals surface area contributed by atoms with Crippen molar-refractivity contribution in [3.63, 3.8) is 0 Å². The Bertz CT molecular complexity index is 1250. The molecule has 1 fully saturated rings. The topological polar surface area (TPSA) is 109 Å². The van der Waals surface area contributed by atoms with Crippen LogP contribution in [0.25, 0.3) is 11.4 Å². The van der Waals surface area contributed by atoms with Gasteiger partial charge in [0.25, 0.3) is 0 Å². The summed E-state index contributed by atoms with van der Waals surface area (Å²) in [5.41, 5.74) is 2.47. The van der Waals surface area contributed by atoms with Crippen LogP contribution in [0.5, 0.6) is 0 Å². The molecule has 1 saturated heterocycles. The molecule has 0 atom stereocenters. The fraction of sp³-hybridized carbons (Fsp3) is 0.391. The van der Waals surface area contributed by atoms with Crippen LogP contribution in [0.1, 0.15) is 37.1 Å². The smallest absolute Gasteiger partial charge is 0.243 e. The van der Waals surface area contributed by atoms with Crippen molar-refractivity contribution in [3.8, 4) is 11.4 Å². The standard InChI is InChI=1S/C23H25N5O4S/c29-22(7-6-21-25-23(26-32-21)17-8-11-24-12-9-17)28-15-10-18-16-19(4-5-20(18)28)33(30,31)27-13-2-1-3-14-27/h4-5,8-9,11-12,16H,1-3,6-7,10,13-15H2. The molecule has 1 aromatic carbocycles. The fourth-order valence-corrected chi connectivity index (χ4v) is 5.94. The lowest BCUT2D eigenvalue weighted by Crippen LogP contribution is -2.35. The third-order valence-electron chi connectivity index (χ3n) is 6.16. The Kier molecular flexibility index (Phi) is 5.94. The van der Waals surface area contributed by atoms with Crippen LogP contribution < -0.4 is 4.90 Å². The lowest BCUT2D eigenvalue weighted by Gasteiger charge is -2.26. The maximum atomic E-state index is 13.0. The average Bonchev–Trinajstić information content (AvgIpc) is 3.51. The third kappa shape index (κ3) is 4.40. The van der Waals surface area contributed by atoms with E-state index in [1.807, 2.05) is 0 Å². The number of anilines is 1. The number of aromatic nitrogens is 3. The number of aryl methyl sites for hydroxylation is 1. The highest BCUT2D eigenvalue weighted by Crippen LogP contribution is 2.32. The lowest BCUT2D eigenvalue weighted by atomic mass is 10.2. The van der Waals surface area contributed by atoms with Gasteiger partial charge in [0.1, 0.15) is 0 Å². The molecule has 2 aliphatic heterocycles. The first-order chi connectivity index (χ1) is 16.0. The van der Waals surface area contributed by atoms with Gasteiger partial charge in [-0.15, -0.1) is 0 Å². The predicted octanol–water partition coefficient (Wildman–Crippen LogP) is 2.83. The number of sulfonamides is 1. The molecule has 0 N–H and O–H groups in total. The highest BCUT2D eigenvalue weighted by Gasteiger charge is 2.30. The molecule has 3 aromatic rings. The Labute approximate surface area is 192 Å². The van der Waals surface area contributed by atoms with Crippen molar-refractivity contribution in [1.82, 2.24) is 19.4 Å². The van der Waals surface area contributed by atoms with Crippen LogP contribution in [0.15, 0.2) is 52.1 Å². The van der Waals surface area contributed by atoms with Gasteiger partial charge in [0.15, 0.2) is 0 Å². The second kappa shape index (κ2) is 9.03. The Hall–Kier alpha value is -3.11. The SMILES string of the molecule is O=C(CCc1nc(-c2ccncc2)no1)N1CCc2cc(S(=O)(=O)N3CCCCC3)ccc21. The molecule has 2 aliphatic rings. The van der Waals surface area contributed by atoms with Crippen molar-refractivity contribution in [2.45, 2.75) is 43.4 Å². The predicted molar refractivity (Wildman–Crippen MR) is 121 cm³/mol. The summed E-state index contributed by atoms with van der Waals surface area (Å²) in [6.45, 7) is 1.68. The number of amides is 1. The van der Waals surface area contributed by atoms with E-state index in [4.69, 9.17) is 4.52 Å². The van der Waals surface area contributed by atoms with Crippen molar-refractivity contribution in [2.75, 3.05) is 24.5 Å². The fourth-order valence-electron chi connectivity index (χ4n) is 4.38. The number of rotatable bonds is 6. The number of fused-ring (bicyclic) bond motifs is 1. The van der Waals surface area contributed by atoms with E-state index in [2.05, 4.69) is 15.1 Å². The van der Waals surface area contributed by atoms with Crippen LogP contribution in [0.3, 0.4) is 0 Å². The van der Waals surface area contributed by atoms with Gasteiger partial charge in [-0.2, -0.15) is 9.29 Å². The Morgan fingerprint density at radius 3 is 2.61 bits per heavy atom. The van der Waals surface area contributed by atoms with Gasteiger partial charge in [0.2, 0.25) is 27.6 Å². The van der Waals surface area contributed by atoms with E-state index >= 15 is 0 Å². The van der Waals surface area contributed by atoms with Gasteiger partial charge in [-0.05, 0) is 55.2 Å². The first-order valence-electron chi connectivity index (χ1n) is 11.2. The molecule has 0 radical (unpaired) electrons. The summed E-state index contributed by atoms with van der Waals surface area (Å²) in [4.78, 5) is 23.2. The van der Waals surface area contributed by atoms with Crippen LogP contribution in [0, 0.1) is 0 Å². The average molecular weight is 468 g/mol. The van der Waals surface area contributed by atoms with E-state index in [0.717, 1.165) is 36.1 Å². The maximum absolute atomic E-state index is 13.0. The molecule has 33 heavy (non-hydrogen) atoms. The van der Waals surface area contributed by atoms with Crippen LogP contribution in [0.2, 0.25) is 0 Å². The molecule has 5 rings (SSSR count). The van der Waals surface area contributed by atoms with Gasteiger partial charge in [0.05, 0.1) is 4.90 Å². The molecule has 0 saturated carbocycles. The molecule has 172 valence electrons. The highest BCUT2D eigenvalue weighted by atomic mass is 32.2. The molecule has 9 nitrogen and oxygen atoms in total. The largest absolute Gasteiger partial charge is 0.339 e. The van der Waals surface area contributed by atoms with E-state index in [1.165, 1.54) is 0 Å². The van der Waals surface area contributed by atoms with E-state index in [1.54, 1.807) is 51.9 Å². The first kappa shape index (κ1) is 21.7. The number of nitrogens with zero attached hydrogens (tertiary/aromatic N) is 5. The van der Waals surface area contributed by atoms with Crippen molar-refractivity contribution in [3.05, 3.63) is 54.2 Å². The molecule has 0 bridgehead atoms. The summed E-state index contributed by atoms with van der Waals surface area (Å²) in [5, 5.41) is 3.97. The van der Waals surface area contributed by atoms with E-state index < -0.39 is 10.0 Å². The summed E-state index contributed by atoms with van der Waals surface area (Å²) in [6, 6.07) is 8.69. The van der Waals surface area contributed by atoms with Crippen LogP contribution in [-0.4, -0.2) is 53.4 Å². The monoisotopic (exact) mass is 467 g/mol. The number of benzene rings is 1. The van der Waals surface area contributed by atoms with Crippen LogP contribution in [-0.2, 0) is 27.7 Å². The Morgan fingerprint density at radius 2 is 1.82 bits per heavy atom. The van der Waals surface area contributed by atoms with Crippen molar-refractivity contribution >= 4 is 21.6 Å². The molecule has 0 spiro atoms. The molecule has 1 amide bonds. The van der Waals surface area contributed by atoms with Gasteiger partial charge in [-0.1, -0.05) is 11.6 Å². The van der Waals surface area contributed by atoms with Crippen LogP contribution in [0.4, 0.5) is 5.69 Å². The summed E-state index contributed by atoms with van der Waals surface area (Å²) >= 11 is 0. The molecule has 0 unspecified atom stereocenters. The Balaban J connectivity index is 1.25. The van der Waals surface area contributed by atoms with E-state index in [-0.39, 0.29) is 12.3 Å². The maximum Gasteiger partial charge on any atom is 0.243 e. The minimum Gasteiger partial charge on any atom is -0.339 e. The molecule has 0 aliphatic carbocycles. The zero-order chi connectivity index (χ0) is 22.8. The van der Waals surface area contributed by atoms with Crippen molar-refractivity contribution in [1.29, 1.82) is 0 Å². The number of carbonyl (C=O) groups is 1. The minimum absolute atomic E-state index is 0.0518. The van der Waals surface area contributed by atoms with Crippen LogP contribution >= 0.6 is 0 Å². The second-order valence-electron chi connectivity index (χ2n) is 8.30. The van der Waals surface area contributed by atoms with Crippen molar-refractivity contribution in [2.24, 2.45) is 0 Å². The third-order valence-corrected chi connectivity index (χ3v) is 8.05. The van der Waals surface area contributed by atoms with Gasteiger partial charge in [0, 0.05) is 56.1 Å². The Morgan fingerprint density at radius 1 is 1.03 bits per heavy atom. The van der Waals surface area contributed by atoms with Crippen molar-refractivity contribution < 1.29 is 17.7 Å². The minimum atomic E-state index is -3.49. The molecule has 2 aromatic heterocycles. The normalized spacial score (nSPS) is 16.7. The second-order valence-corrected chi connectivity index (χ2v) is 10.2. The summed E-state index contributed by atoms with van der Waals surface area (Å²) in [7, 11) is -3.49. The zero-order valence-corrected chi connectivity index (χ0v) is 19.0. The number of carbonyl (C=O) groups excluding carboxylic acids is 1. The molecular formula is C23H25N5O4S.